The molecule has 2 heterocycles. The first-order valence-corrected chi connectivity index (χ1v) is 4.91. The number of hydrogen-bond acceptors (Lipinski definition) is 6. The predicted octanol–water partition coefficient (Wildman–Crippen LogP) is -1.53. The molecule has 0 amide bonds. The van der Waals surface area contributed by atoms with Crippen LogP contribution in [0.15, 0.2) is 17.1 Å². The van der Waals surface area contributed by atoms with E-state index in [4.69, 9.17) is 15.6 Å². The highest BCUT2D eigenvalue weighted by atomic mass is 16.5. The number of rotatable bonds is 2. The zero-order valence-electron chi connectivity index (χ0n) is 8.48. The van der Waals surface area contributed by atoms with E-state index in [1.54, 1.807) is 0 Å². The zero-order chi connectivity index (χ0) is 11.7. The Balaban J connectivity index is 2.23. The molecule has 16 heavy (non-hydrogen) atoms. The summed E-state index contributed by atoms with van der Waals surface area (Å²) in [6.45, 7) is -0.283. The van der Waals surface area contributed by atoms with Crippen LogP contribution in [0.3, 0.4) is 0 Å². The molecule has 0 bridgehead atoms. The first-order valence-electron chi connectivity index (χ1n) is 4.91. The number of aromatic nitrogens is 2. The van der Waals surface area contributed by atoms with Gasteiger partial charge in [-0.15, -0.1) is 0 Å². The molecule has 88 valence electrons. The summed E-state index contributed by atoms with van der Waals surface area (Å²) in [7, 11) is 0. The maximum absolute atomic E-state index is 11.5. The van der Waals surface area contributed by atoms with E-state index in [1.807, 2.05) is 0 Å². The maximum Gasteiger partial charge on any atom is 0.351 e. The molecule has 2 rings (SSSR count). The standard InChI is InChI=1S/C9H13N3O4/c10-7-1-2-12(9(15)11-7)8-3-5(14)6(4-13)16-8/h1-2,5-6,8,13-14H,3-4H2,(H2,10,11,15)/t5?,6-,8-/m1/s1. The molecule has 1 aliphatic rings. The predicted molar refractivity (Wildman–Crippen MR) is 54.5 cm³/mol. The van der Waals surface area contributed by atoms with Gasteiger partial charge in [-0.2, -0.15) is 4.98 Å². The summed E-state index contributed by atoms with van der Waals surface area (Å²) >= 11 is 0. The van der Waals surface area contributed by atoms with Gasteiger partial charge in [-0.3, -0.25) is 4.57 Å². The van der Waals surface area contributed by atoms with Crippen LogP contribution in [0, 0.1) is 0 Å². The molecule has 1 fully saturated rings. The minimum Gasteiger partial charge on any atom is -0.394 e. The van der Waals surface area contributed by atoms with E-state index in [2.05, 4.69) is 4.98 Å². The highest BCUT2D eigenvalue weighted by Crippen LogP contribution is 2.27. The Labute approximate surface area is 91.1 Å². The lowest BCUT2D eigenvalue weighted by atomic mass is 10.2. The van der Waals surface area contributed by atoms with Crippen LogP contribution in [-0.4, -0.2) is 38.6 Å². The average molecular weight is 227 g/mol. The van der Waals surface area contributed by atoms with E-state index in [0.717, 1.165) is 0 Å². The van der Waals surface area contributed by atoms with Gasteiger partial charge in [0.25, 0.3) is 0 Å². The third-order valence-electron chi connectivity index (χ3n) is 2.55. The smallest absolute Gasteiger partial charge is 0.351 e. The van der Waals surface area contributed by atoms with Crippen molar-refractivity contribution in [3.05, 3.63) is 22.7 Å². The Morgan fingerprint density at radius 2 is 2.44 bits per heavy atom. The summed E-state index contributed by atoms with van der Waals surface area (Å²) in [5.74, 6) is 0.138. The fourth-order valence-electron chi connectivity index (χ4n) is 1.70. The summed E-state index contributed by atoms with van der Waals surface area (Å²) in [6, 6.07) is 1.48. The van der Waals surface area contributed by atoms with Crippen molar-refractivity contribution < 1.29 is 14.9 Å². The number of nitrogens with two attached hydrogens (primary N) is 1. The Kier molecular flexibility index (Phi) is 2.90. The van der Waals surface area contributed by atoms with Crippen molar-refractivity contribution in [1.29, 1.82) is 0 Å². The molecular weight excluding hydrogens is 214 g/mol. The summed E-state index contributed by atoms with van der Waals surface area (Å²) in [5, 5.41) is 18.4. The lowest BCUT2D eigenvalue weighted by Gasteiger charge is -2.13. The van der Waals surface area contributed by atoms with Crippen LogP contribution < -0.4 is 11.4 Å². The second kappa shape index (κ2) is 4.20. The lowest BCUT2D eigenvalue weighted by molar-refractivity contribution is -0.0458. The van der Waals surface area contributed by atoms with Crippen LogP contribution in [0.25, 0.3) is 0 Å². The van der Waals surface area contributed by atoms with Crippen molar-refractivity contribution >= 4 is 5.82 Å². The van der Waals surface area contributed by atoms with Crippen molar-refractivity contribution in [2.24, 2.45) is 0 Å². The summed E-state index contributed by atoms with van der Waals surface area (Å²) < 4.78 is 6.56. The topological polar surface area (TPSA) is 111 Å². The maximum atomic E-state index is 11.5. The molecule has 7 heteroatoms. The quantitative estimate of drug-likeness (QED) is 0.565. The molecule has 1 aliphatic heterocycles. The van der Waals surface area contributed by atoms with Gasteiger partial charge in [0.05, 0.1) is 12.7 Å². The van der Waals surface area contributed by atoms with Gasteiger partial charge in [-0.1, -0.05) is 0 Å². The molecule has 1 unspecified atom stereocenters. The molecule has 4 N–H and O–H groups in total. The van der Waals surface area contributed by atoms with E-state index in [-0.39, 0.29) is 18.8 Å². The Hall–Kier alpha value is -1.44. The van der Waals surface area contributed by atoms with E-state index < -0.39 is 24.1 Å². The van der Waals surface area contributed by atoms with Crippen LogP contribution in [0.1, 0.15) is 12.6 Å². The summed E-state index contributed by atoms with van der Waals surface area (Å²) in [5.41, 5.74) is 4.82. The molecule has 1 aromatic rings. The molecule has 3 atom stereocenters. The number of nitrogen functional groups attached to an aromatic ring is 1. The highest BCUT2D eigenvalue weighted by Gasteiger charge is 2.34. The van der Waals surface area contributed by atoms with Crippen molar-refractivity contribution in [3.8, 4) is 0 Å². The minimum atomic E-state index is -0.778. The second-order valence-electron chi connectivity index (χ2n) is 3.66. The number of nitrogens with zero attached hydrogens (tertiary/aromatic N) is 2. The SMILES string of the molecule is Nc1ccn([C@H]2CC(O)[C@@H](CO)O2)c(=O)n1. The van der Waals surface area contributed by atoms with Crippen molar-refractivity contribution in [1.82, 2.24) is 9.55 Å². The summed E-state index contributed by atoms with van der Waals surface area (Å²) in [4.78, 5) is 15.0. The summed E-state index contributed by atoms with van der Waals surface area (Å²) in [6.07, 6.45) is -0.333. The molecule has 1 saturated heterocycles. The number of aliphatic hydroxyl groups is 2. The molecule has 0 saturated carbocycles. The monoisotopic (exact) mass is 227 g/mol. The number of hydrogen-bond donors (Lipinski definition) is 3. The fourth-order valence-corrected chi connectivity index (χ4v) is 1.70. The van der Waals surface area contributed by atoms with Crippen molar-refractivity contribution in [2.45, 2.75) is 24.9 Å². The fraction of sp³-hybridized carbons (Fsp3) is 0.556. The number of anilines is 1. The van der Waals surface area contributed by atoms with Gasteiger partial charge in [0.2, 0.25) is 0 Å². The van der Waals surface area contributed by atoms with E-state index in [1.165, 1.54) is 16.8 Å². The highest BCUT2D eigenvalue weighted by molar-refractivity contribution is 5.23. The van der Waals surface area contributed by atoms with E-state index in [9.17, 15) is 9.90 Å². The van der Waals surface area contributed by atoms with Crippen LogP contribution in [0.4, 0.5) is 5.82 Å². The zero-order valence-corrected chi connectivity index (χ0v) is 8.48. The molecule has 7 nitrogen and oxygen atoms in total. The van der Waals surface area contributed by atoms with E-state index >= 15 is 0 Å². The normalized spacial score (nSPS) is 29.5. The molecule has 1 aromatic heterocycles. The minimum absolute atomic E-state index is 0.138. The second-order valence-corrected chi connectivity index (χ2v) is 3.66. The van der Waals surface area contributed by atoms with Crippen molar-refractivity contribution in [3.63, 3.8) is 0 Å². The molecular formula is C9H13N3O4. The lowest BCUT2D eigenvalue weighted by Crippen LogP contribution is -2.27. The molecule has 0 radical (unpaired) electrons. The first-order chi connectivity index (χ1) is 7.61. The van der Waals surface area contributed by atoms with Gasteiger partial charge in [0.15, 0.2) is 0 Å². The Morgan fingerprint density at radius 1 is 1.69 bits per heavy atom. The van der Waals surface area contributed by atoms with Crippen LogP contribution in [0.5, 0.6) is 0 Å². The van der Waals surface area contributed by atoms with Crippen LogP contribution in [-0.2, 0) is 4.74 Å². The van der Waals surface area contributed by atoms with Crippen LogP contribution >= 0.6 is 0 Å². The van der Waals surface area contributed by atoms with E-state index in [0.29, 0.717) is 0 Å². The van der Waals surface area contributed by atoms with Crippen molar-refractivity contribution in [2.75, 3.05) is 12.3 Å². The Bertz CT molecular complexity index is 433. The molecule has 0 spiro atoms. The molecule has 0 aromatic carbocycles. The van der Waals surface area contributed by atoms with Crippen LogP contribution in [0.2, 0.25) is 0 Å². The third kappa shape index (κ3) is 1.92. The first kappa shape index (κ1) is 11.1. The largest absolute Gasteiger partial charge is 0.394 e. The van der Waals surface area contributed by atoms with Gasteiger partial charge in [0, 0.05) is 12.6 Å². The van der Waals surface area contributed by atoms with Gasteiger partial charge < -0.3 is 20.7 Å². The van der Waals surface area contributed by atoms with Gasteiger partial charge in [-0.25, -0.2) is 4.79 Å². The number of aliphatic hydroxyl groups excluding tert-OH is 2. The molecule has 0 aliphatic carbocycles. The van der Waals surface area contributed by atoms with Gasteiger partial charge in [-0.05, 0) is 6.07 Å². The Morgan fingerprint density at radius 3 is 3.00 bits per heavy atom. The van der Waals surface area contributed by atoms with Gasteiger partial charge in [0.1, 0.15) is 18.1 Å². The van der Waals surface area contributed by atoms with Gasteiger partial charge >= 0.3 is 5.69 Å². The average Bonchev–Trinajstić information content (AvgIpc) is 2.59. The number of ether oxygens (including phenoxy) is 1. The third-order valence-corrected chi connectivity index (χ3v) is 2.55.